The van der Waals surface area contributed by atoms with Gasteiger partial charge in [0.25, 0.3) is 0 Å². The molecule has 0 aromatic heterocycles. The largest absolute Gasteiger partial charge is 1.00 e. The zero-order valence-electron chi connectivity index (χ0n) is 8.03. The molecule has 0 aliphatic rings. The quantitative estimate of drug-likeness (QED) is 0.498. The van der Waals surface area contributed by atoms with Crippen molar-refractivity contribution in [2.75, 3.05) is 0 Å². The first-order chi connectivity index (χ1) is 5.88. The number of rotatable bonds is 2. The second kappa shape index (κ2) is 5.65. The van der Waals surface area contributed by atoms with Gasteiger partial charge in [-0.2, -0.15) is 0 Å². The van der Waals surface area contributed by atoms with Crippen molar-refractivity contribution in [3.8, 4) is 0 Å². The summed E-state index contributed by atoms with van der Waals surface area (Å²) in [6, 6.07) is 3.45. The van der Waals surface area contributed by atoms with E-state index in [4.69, 9.17) is 0 Å². The van der Waals surface area contributed by atoms with Crippen LogP contribution in [0.15, 0.2) is 18.2 Å². The van der Waals surface area contributed by atoms with E-state index in [-0.39, 0.29) is 62.5 Å². The third-order valence-corrected chi connectivity index (χ3v) is 1.69. The van der Waals surface area contributed by atoms with Crippen LogP contribution in [0.5, 0.6) is 0 Å². The molecule has 0 fully saturated rings. The molecule has 0 unspecified atom stereocenters. The molecule has 0 amide bonds. The first-order valence-electron chi connectivity index (χ1n) is 3.84. The fourth-order valence-electron chi connectivity index (χ4n) is 1.10. The van der Waals surface area contributed by atoms with Gasteiger partial charge in [0.2, 0.25) is 0 Å². The second-order valence-corrected chi connectivity index (χ2v) is 3.00. The van der Waals surface area contributed by atoms with Gasteiger partial charge in [0.15, 0.2) is 0 Å². The molecule has 0 radical (unpaired) electrons. The van der Waals surface area contributed by atoms with E-state index in [9.17, 15) is 17.3 Å². The summed E-state index contributed by atoms with van der Waals surface area (Å²) >= 11 is 0. The zero-order valence-corrected chi connectivity index (χ0v) is 11.2. The molecular formula is C8H8BF4K. The Morgan fingerprint density at radius 2 is 1.79 bits per heavy atom. The van der Waals surface area contributed by atoms with Gasteiger partial charge in [0, 0.05) is 0 Å². The minimum absolute atomic E-state index is 0. The summed E-state index contributed by atoms with van der Waals surface area (Å²) in [5, 5.41) is 0. The maximum absolute atomic E-state index is 12.7. The standard InChI is InChI=1S/C8H8BF4.K/c1-6-4-7(2-3-8(6)10)5-9(11,12)13;/h2-4H,5H2,1H3;/q-1;+1. The van der Waals surface area contributed by atoms with Crippen LogP contribution in [0.3, 0.4) is 0 Å². The fraction of sp³-hybridized carbons (Fsp3) is 0.250. The van der Waals surface area contributed by atoms with Gasteiger partial charge in [0.05, 0.1) is 0 Å². The van der Waals surface area contributed by atoms with Crippen LogP contribution in [0.1, 0.15) is 11.1 Å². The van der Waals surface area contributed by atoms with Gasteiger partial charge in [-0.3, -0.25) is 0 Å². The smallest absolute Gasteiger partial charge is 0.449 e. The Morgan fingerprint density at radius 3 is 2.21 bits per heavy atom. The minimum atomic E-state index is -4.83. The summed E-state index contributed by atoms with van der Waals surface area (Å²) in [6.45, 7) is -3.38. The van der Waals surface area contributed by atoms with Gasteiger partial charge in [-0.1, -0.05) is 24.0 Å². The first kappa shape index (κ1) is 14.6. The molecule has 0 aliphatic carbocycles. The first-order valence-corrected chi connectivity index (χ1v) is 3.84. The maximum Gasteiger partial charge on any atom is 1.00 e. The molecule has 0 spiro atoms. The molecule has 1 aromatic carbocycles. The summed E-state index contributed by atoms with van der Waals surface area (Å²) in [5.74, 6) is -0.474. The Balaban J connectivity index is 0.00000169. The Kier molecular flexibility index (Phi) is 5.91. The number of aryl methyl sites for hydroxylation is 1. The molecule has 0 aliphatic heterocycles. The molecule has 0 N–H and O–H groups in total. The van der Waals surface area contributed by atoms with Crippen LogP contribution < -0.4 is 51.4 Å². The molecule has 0 saturated heterocycles. The monoisotopic (exact) mass is 230 g/mol. The topological polar surface area (TPSA) is 0 Å². The van der Waals surface area contributed by atoms with Crippen molar-refractivity contribution < 1.29 is 68.7 Å². The molecular weight excluding hydrogens is 222 g/mol. The van der Waals surface area contributed by atoms with Crippen LogP contribution in [0.25, 0.3) is 0 Å². The molecule has 72 valence electrons. The Labute approximate surface area is 123 Å². The molecule has 0 bridgehead atoms. The molecule has 14 heavy (non-hydrogen) atoms. The van der Waals surface area contributed by atoms with Gasteiger partial charge >= 0.3 is 58.4 Å². The maximum atomic E-state index is 12.7. The Bertz CT molecular complexity index is 311. The van der Waals surface area contributed by atoms with Crippen LogP contribution in [-0.2, 0) is 6.32 Å². The van der Waals surface area contributed by atoms with Crippen LogP contribution in [0.2, 0.25) is 0 Å². The Hall–Kier alpha value is 0.641. The molecule has 0 saturated carbocycles. The van der Waals surface area contributed by atoms with Crippen molar-refractivity contribution >= 4 is 6.98 Å². The number of benzene rings is 1. The van der Waals surface area contributed by atoms with E-state index in [1.165, 1.54) is 13.0 Å². The van der Waals surface area contributed by atoms with E-state index in [2.05, 4.69) is 0 Å². The number of halogens is 4. The van der Waals surface area contributed by atoms with E-state index in [1.807, 2.05) is 0 Å². The summed E-state index contributed by atoms with van der Waals surface area (Å²) in [7, 11) is 0. The van der Waals surface area contributed by atoms with Gasteiger partial charge < -0.3 is 12.9 Å². The fourth-order valence-corrected chi connectivity index (χ4v) is 1.10. The molecule has 0 nitrogen and oxygen atoms in total. The third-order valence-electron chi connectivity index (χ3n) is 1.69. The van der Waals surface area contributed by atoms with E-state index in [1.54, 1.807) is 0 Å². The van der Waals surface area contributed by atoms with Crippen molar-refractivity contribution in [1.82, 2.24) is 0 Å². The predicted molar refractivity (Wildman–Crippen MR) is 43.9 cm³/mol. The molecule has 1 aromatic rings. The second-order valence-electron chi connectivity index (χ2n) is 3.00. The minimum Gasteiger partial charge on any atom is -0.449 e. The van der Waals surface area contributed by atoms with E-state index in [0.29, 0.717) is 0 Å². The predicted octanol–water partition coefficient (Wildman–Crippen LogP) is 0.0672. The normalized spacial score (nSPS) is 10.9. The summed E-state index contributed by atoms with van der Waals surface area (Å²) in [6.07, 6.45) is -0.943. The molecule has 6 heteroatoms. The van der Waals surface area contributed by atoms with Crippen molar-refractivity contribution in [2.24, 2.45) is 0 Å². The van der Waals surface area contributed by atoms with Crippen LogP contribution >= 0.6 is 0 Å². The van der Waals surface area contributed by atoms with Crippen molar-refractivity contribution in [3.05, 3.63) is 35.1 Å². The number of hydrogen-bond donors (Lipinski definition) is 0. The molecule has 0 atom stereocenters. The summed E-state index contributed by atoms with van der Waals surface area (Å²) < 4.78 is 48.5. The molecule has 1 rings (SSSR count). The van der Waals surface area contributed by atoms with Gasteiger partial charge in [0.1, 0.15) is 5.82 Å². The van der Waals surface area contributed by atoms with Crippen LogP contribution in [0, 0.1) is 12.7 Å². The van der Waals surface area contributed by atoms with Crippen molar-refractivity contribution in [1.29, 1.82) is 0 Å². The van der Waals surface area contributed by atoms with Crippen LogP contribution in [-0.4, -0.2) is 6.98 Å². The average Bonchev–Trinajstić information content (AvgIpc) is 1.94. The Morgan fingerprint density at radius 1 is 1.21 bits per heavy atom. The van der Waals surface area contributed by atoms with E-state index >= 15 is 0 Å². The van der Waals surface area contributed by atoms with Gasteiger partial charge in [-0.15, -0.1) is 0 Å². The van der Waals surface area contributed by atoms with Gasteiger partial charge in [-0.25, -0.2) is 4.39 Å². The molecule has 0 heterocycles. The van der Waals surface area contributed by atoms with Crippen LogP contribution in [0.4, 0.5) is 17.3 Å². The van der Waals surface area contributed by atoms with Crippen molar-refractivity contribution in [2.45, 2.75) is 13.2 Å². The average molecular weight is 230 g/mol. The zero-order chi connectivity index (χ0) is 10.1. The van der Waals surface area contributed by atoms with E-state index in [0.717, 1.165) is 12.1 Å². The van der Waals surface area contributed by atoms with E-state index < -0.39 is 19.1 Å². The summed E-state index contributed by atoms with van der Waals surface area (Å²) in [4.78, 5) is 0. The van der Waals surface area contributed by atoms with Gasteiger partial charge in [-0.05, 0) is 18.6 Å². The summed E-state index contributed by atoms with van der Waals surface area (Å²) in [5.41, 5.74) is 0.365. The third kappa shape index (κ3) is 4.93. The van der Waals surface area contributed by atoms with Crippen molar-refractivity contribution in [3.63, 3.8) is 0 Å². The number of hydrogen-bond acceptors (Lipinski definition) is 0. The SMILES string of the molecule is Cc1cc(C[B-](F)(F)F)ccc1F.[K+].